The number of carbonyl (C=O) groups excluding carboxylic acids is 2. The van der Waals surface area contributed by atoms with Crippen molar-refractivity contribution in [3.8, 4) is 0 Å². The Labute approximate surface area is 140 Å². The van der Waals surface area contributed by atoms with Crippen LogP contribution in [0.3, 0.4) is 0 Å². The quantitative estimate of drug-likeness (QED) is 0.597. The van der Waals surface area contributed by atoms with Gasteiger partial charge in [0.15, 0.2) is 5.78 Å². The van der Waals surface area contributed by atoms with Crippen LogP contribution in [0.4, 0.5) is 11.6 Å². The van der Waals surface area contributed by atoms with Crippen LogP contribution in [0, 0.1) is 6.92 Å². The Kier molecular flexibility index (Phi) is 5.97. The number of ketones is 1. The number of methoxy groups -OCH3 is 1. The van der Waals surface area contributed by atoms with Gasteiger partial charge in [-0.05, 0) is 32.0 Å². The van der Waals surface area contributed by atoms with Crippen LogP contribution in [0.1, 0.15) is 33.5 Å². The number of Topliss-reactive ketones (excluding diaryl/α,β-unsaturated/α-hetero) is 1. The van der Waals surface area contributed by atoms with Crippen LogP contribution in [-0.4, -0.2) is 41.9 Å². The standard InChI is InChI=1S/C17H20N4O3/c1-11-9-15(16(23)18-7-8-24-3)21-17(19-11)20-14-6-4-5-13(10-14)12(2)22/h4-6,9-10H,7-8H2,1-3H3,(H,18,23)(H,19,20,21). The average Bonchev–Trinajstić information content (AvgIpc) is 2.54. The minimum Gasteiger partial charge on any atom is -0.383 e. The lowest BCUT2D eigenvalue weighted by atomic mass is 10.1. The molecule has 7 nitrogen and oxygen atoms in total. The number of hydrogen-bond donors (Lipinski definition) is 2. The lowest BCUT2D eigenvalue weighted by Crippen LogP contribution is -2.28. The zero-order chi connectivity index (χ0) is 17.5. The second-order valence-corrected chi connectivity index (χ2v) is 5.23. The molecule has 0 atom stereocenters. The van der Waals surface area contributed by atoms with Gasteiger partial charge in [0.25, 0.3) is 5.91 Å². The smallest absolute Gasteiger partial charge is 0.270 e. The van der Waals surface area contributed by atoms with E-state index in [-0.39, 0.29) is 17.4 Å². The van der Waals surface area contributed by atoms with Crippen molar-refractivity contribution in [2.24, 2.45) is 0 Å². The number of rotatable bonds is 7. The second kappa shape index (κ2) is 8.16. The van der Waals surface area contributed by atoms with Crippen molar-refractivity contribution < 1.29 is 14.3 Å². The van der Waals surface area contributed by atoms with Gasteiger partial charge in [-0.1, -0.05) is 12.1 Å². The Balaban J connectivity index is 2.17. The molecule has 2 rings (SSSR count). The summed E-state index contributed by atoms with van der Waals surface area (Å²) in [5.41, 5.74) is 2.19. The fourth-order valence-electron chi connectivity index (χ4n) is 2.04. The van der Waals surface area contributed by atoms with E-state index in [9.17, 15) is 9.59 Å². The minimum atomic E-state index is -0.293. The summed E-state index contributed by atoms with van der Waals surface area (Å²) in [7, 11) is 1.57. The number of benzene rings is 1. The van der Waals surface area contributed by atoms with Gasteiger partial charge in [-0.15, -0.1) is 0 Å². The maximum Gasteiger partial charge on any atom is 0.270 e. The fourth-order valence-corrected chi connectivity index (χ4v) is 2.04. The Morgan fingerprint density at radius 3 is 2.71 bits per heavy atom. The number of nitrogens with zero attached hydrogens (tertiary/aromatic N) is 2. The minimum absolute atomic E-state index is 0.0259. The number of nitrogens with one attached hydrogen (secondary N) is 2. The van der Waals surface area contributed by atoms with E-state index in [1.807, 2.05) is 0 Å². The normalized spacial score (nSPS) is 10.3. The molecule has 24 heavy (non-hydrogen) atoms. The molecule has 7 heteroatoms. The van der Waals surface area contributed by atoms with Crippen LogP contribution in [0.15, 0.2) is 30.3 Å². The molecule has 1 aromatic carbocycles. The molecule has 0 spiro atoms. The van der Waals surface area contributed by atoms with Crippen LogP contribution in [0.5, 0.6) is 0 Å². The van der Waals surface area contributed by atoms with Crippen molar-refractivity contribution in [2.75, 3.05) is 25.6 Å². The van der Waals surface area contributed by atoms with Crippen molar-refractivity contribution in [3.63, 3.8) is 0 Å². The summed E-state index contributed by atoms with van der Waals surface area (Å²) in [6, 6.07) is 8.63. The molecule has 0 aliphatic heterocycles. The monoisotopic (exact) mass is 328 g/mol. The summed E-state index contributed by atoms with van der Waals surface area (Å²) in [5.74, 6) is -0.0206. The summed E-state index contributed by atoms with van der Waals surface area (Å²) in [6.45, 7) is 4.12. The number of carbonyl (C=O) groups is 2. The molecule has 2 N–H and O–H groups in total. The van der Waals surface area contributed by atoms with Gasteiger partial charge in [-0.25, -0.2) is 9.97 Å². The molecule has 0 saturated heterocycles. The van der Waals surface area contributed by atoms with Crippen molar-refractivity contribution in [1.82, 2.24) is 15.3 Å². The molecule has 0 aliphatic rings. The average molecular weight is 328 g/mol. The summed E-state index contributed by atoms with van der Waals surface area (Å²) in [6.07, 6.45) is 0. The third-order valence-corrected chi connectivity index (χ3v) is 3.20. The highest BCUT2D eigenvalue weighted by Gasteiger charge is 2.11. The Morgan fingerprint density at radius 1 is 1.21 bits per heavy atom. The second-order valence-electron chi connectivity index (χ2n) is 5.23. The molecule has 1 aromatic heterocycles. The van der Waals surface area contributed by atoms with Gasteiger partial charge in [-0.2, -0.15) is 0 Å². The molecular weight excluding hydrogens is 308 g/mol. The Bertz CT molecular complexity index is 746. The number of hydrogen-bond acceptors (Lipinski definition) is 6. The molecule has 0 bridgehead atoms. The van der Waals surface area contributed by atoms with Crippen LogP contribution >= 0.6 is 0 Å². The zero-order valence-electron chi connectivity index (χ0n) is 13.9. The highest BCUT2D eigenvalue weighted by Crippen LogP contribution is 2.16. The van der Waals surface area contributed by atoms with E-state index in [1.54, 1.807) is 44.4 Å². The molecule has 0 radical (unpaired) electrons. The van der Waals surface area contributed by atoms with E-state index in [4.69, 9.17) is 4.74 Å². The molecule has 1 amide bonds. The number of ether oxygens (including phenoxy) is 1. The van der Waals surface area contributed by atoms with E-state index >= 15 is 0 Å². The topological polar surface area (TPSA) is 93.2 Å². The first-order valence-corrected chi connectivity index (χ1v) is 7.50. The van der Waals surface area contributed by atoms with Gasteiger partial charge in [0, 0.05) is 30.6 Å². The molecule has 0 fully saturated rings. The largest absolute Gasteiger partial charge is 0.383 e. The lowest BCUT2D eigenvalue weighted by Gasteiger charge is -2.09. The van der Waals surface area contributed by atoms with Crippen LogP contribution in [-0.2, 0) is 4.74 Å². The fraction of sp³-hybridized carbons (Fsp3) is 0.294. The van der Waals surface area contributed by atoms with Gasteiger partial charge in [0.2, 0.25) is 5.95 Å². The Morgan fingerprint density at radius 2 is 2.00 bits per heavy atom. The first kappa shape index (κ1) is 17.6. The lowest BCUT2D eigenvalue weighted by molar-refractivity contribution is 0.0931. The predicted octanol–water partition coefficient (Wildman–Crippen LogP) is 2.11. The van der Waals surface area contributed by atoms with Gasteiger partial charge in [0.1, 0.15) is 5.69 Å². The highest BCUT2D eigenvalue weighted by molar-refractivity contribution is 5.95. The van der Waals surface area contributed by atoms with E-state index in [1.165, 1.54) is 6.92 Å². The van der Waals surface area contributed by atoms with Crippen LogP contribution in [0.25, 0.3) is 0 Å². The number of anilines is 2. The van der Waals surface area contributed by atoms with Gasteiger partial charge >= 0.3 is 0 Å². The van der Waals surface area contributed by atoms with Crippen LogP contribution < -0.4 is 10.6 Å². The molecule has 0 unspecified atom stereocenters. The van der Waals surface area contributed by atoms with E-state index < -0.39 is 0 Å². The molecular formula is C17H20N4O3. The van der Waals surface area contributed by atoms with E-state index in [0.717, 1.165) is 0 Å². The SMILES string of the molecule is COCCNC(=O)c1cc(C)nc(Nc2cccc(C(C)=O)c2)n1. The Hall–Kier alpha value is -2.80. The maximum absolute atomic E-state index is 12.1. The maximum atomic E-state index is 12.1. The third-order valence-electron chi connectivity index (χ3n) is 3.20. The number of amides is 1. The first-order valence-electron chi connectivity index (χ1n) is 7.50. The van der Waals surface area contributed by atoms with E-state index in [0.29, 0.717) is 36.0 Å². The summed E-state index contributed by atoms with van der Waals surface area (Å²) < 4.78 is 4.90. The molecule has 126 valence electrons. The predicted molar refractivity (Wildman–Crippen MR) is 90.7 cm³/mol. The molecule has 1 heterocycles. The van der Waals surface area contributed by atoms with Crippen molar-refractivity contribution in [3.05, 3.63) is 47.3 Å². The molecule has 2 aromatic rings. The van der Waals surface area contributed by atoms with Gasteiger partial charge in [-0.3, -0.25) is 9.59 Å². The number of aryl methyl sites for hydroxylation is 1. The summed E-state index contributed by atoms with van der Waals surface area (Å²) >= 11 is 0. The van der Waals surface area contributed by atoms with E-state index in [2.05, 4.69) is 20.6 Å². The summed E-state index contributed by atoms with van der Waals surface area (Å²) in [4.78, 5) is 32.0. The number of aromatic nitrogens is 2. The summed E-state index contributed by atoms with van der Waals surface area (Å²) in [5, 5.41) is 5.74. The third kappa shape index (κ3) is 4.85. The molecule has 0 saturated carbocycles. The highest BCUT2D eigenvalue weighted by atomic mass is 16.5. The van der Waals surface area contributed by atoms with Crippen LogP contribution in [0.2, 0.25) is 0 Å². The van der Waals surface area contributed by atoms with Gasteiger partial charge < -0.3 is 15.4 Å². The van der Waals surface area contributed by atoms with Crippen molar-refractivity contribution >= 4 is 23.3 Å². The zero-order valence-corrected chi connectivity index (χ0v) is 13.9. The molecule has 0 aliphatic carbocycles. The van der Waals surface area contributed by atoms with Crippen molar-refractivity contribution in [1.29, 1.82) is 0 Å². The first-order chi connectivity index (χ1) is 11.5. The van der Waals surface area contributed by atoms with Gasteiger partial charge in [0.05, 0.1) is 6.61 Å². The van der Waals surface area contributed by atoms with Crippen molar-refractivity contribution in [2.45, 2.75) is 13.8 Å².